The molecule has 1 aromatic heterocycles. The van der Waals surface area contributed by atoms with Gasteiger partial charge in [-0.2, -0.15) is 4.98 Å². The van der Waals surface area contributed by atoms with Gasteiger partial charge in [-0.05, 0) is 37.6 Å². The Kier molecular flexibility index (Phi) is 5.43. The van der Waals surface area contributed by atoms with Crippen LogP contribution in [0.1, 0.15) is 25.3 Å². The first kappa shape index (κ1) is 17.4. The van der Waals surface area contributed by atoms with E-state index in [1.165, 1.54) is 0 Å². The lowest BCUT2D eigenvalue weighted by Crippen LogP contribution is -2.34. The third kappa shape index (κ3) is 4.80. The predicted octanol–water partition coefficient (Wildman–Crippen LogP) is 4.44. The summed E-state index contributed by atoms with van der Waals surface area (Å²) < 4.78 is 5.27. The predicted molar refractivity (Wildman–Crippen MR) is 102 cm³/mol. The summed E-state index contributed by atoms with van der Waals surface area (Å²) in [7, 11) is 0. The van der Waals surface area contributed by atoms with Crippen molar-refractivity contribution in [3.63, 3.8) is 0 Å². The van der Waals surface area contributed by atoms with E-state index in [4.69, 9.17) is 4.52 Å². The van der Waals surface area contributed by atoms with Crippen LogP contribution < -0.4 is 10.6 Å². The van der Waals surface area contributed by atoms with Gasteiger partial charge >= 0.3 is 6.03 Å². The van der Waals surface area contributed by atoms with E-state index in [0.717, 1.165) is 11.1 Å². The molecule has 0 atom stereocenters. The summed E-state index contributed by atoms with van der Waals surface area (Å²) >= 11 is 0. The fourth-order valence-corrected chi connectivity index (χ4v) is 2.32. The number of carbonyl (C=O) groups excluding carboxylic acids is 1. The van der Waals surface area contributed by atoms with Crippen LogP contribution >= 0.6 is 0 Å². The van der Waals surface area contributed by atoms with Gasteiger partial charge in [-0.25, -0.2) is 4.79 Å². The van der Waals surface area contributed by atoms with Gasteiger partial charge in [-0.3, -0.25) is 0 Å². The van der Waals surface area contributed by atoms with Crippen molar-refractivity contribution in [2.24, 2.45) is 0 Å². The molecule has 3 aromatic rings. The Balaban J connectivity index is 1.72. The molecular formula is C20H20N4O2. The second-order valence-corrected chi connectivity index (χ2v) is 6.03. The Bertz CT molecular complexity index is 901. The van der Waals surface area contributed by atoms with E-state index in [-0.39, 0.29) is 12.1 Å². The molecule has 0 fully saturated rings. The van der Waals surface area contributed by atoms with Crippen LogP contribution in [0.15, 0.2) is 59.1 Å². The first-order valence-corrected chi connectivity index (χ1v) is 8.35. The van der Waals surface area contributed by atoms with Crippen LogP contribution in [0.5, 0.6) is 0 Å². The van der Waals surface area contributed by atoms with Crippen molar-refractivity contribution >= 4 is 23.9 Å². The Labute approximate surface area is 151 Å². The number of aromatic nitrogens is 2. The smallest absolute Gasteiger partial charge is 0.319 e. The fourth-order valence-electron chi connectivity index (χ4n) is 2.32. The molecule has 2 amide bonds. The Morgan fingerprint density at radius 2 is 1.88 bits per heavy atom. The third-order valence-electron chi connectivity index (χ3n) is 3.46. The van der Waals surface area contributed by atoms with Crippen molar-refractivity contribution in [1.29, 1.82) is 0 Å². The molecule has 0 saturated heterocycles. The van der Waals surface area contributed by atoms with Crippen LogP contribution in [-0.4, -0.2) is 22.2 Å². The SMILES string of the molecule is CC(C)NC(=O)Nc1cccc(-c2noc(C=Cc3ccccc3)n2)c1. The molecule has 6 nitrogen and oxygen atoms in total. The van der Waals surface area contributed by atoms with E-state index in [1.807, 2.05) is 62.4 Å². The largest absolute Gasteiger partial charge is 0.336 e. The molecule has 0 radical (unpaired) electrons. The quantitative estimate of drug-likeness (QED) is 0.714. The fraction of sp³-hybridized carbons (Fsp3) is 0.150. The average Bonchev–Trinajstić information content (AvgIpc) is 3.09. The molecule has 2 aromatic carbocycles. The van der Waals surface area contributed by atoms with Crippen molar-refractivity contribution in [2.45, 2.75) is 19.9 Å². The highest BCUT2D eigenvalue weighted by Crippen LogP contribution is 2.20. The van der Waals surface area contributed by atoms with Crippen LogP contribution in [0, 0.1) is 0 Å². The van der Waals surface area contributed by atoms with Gasteiger partial charge < -0.3 is 15.2 Å². The topological polar surface area (TPSA) is 80.0 Å². The zero-order valence-electron chi connectivity index (χ0n) is 14.6. The lowest BCUT2D eigenvalue weighted by Gasteiger charge is -2.10. The van der Waals surface area contributed by atoms with Crippen molar-refractivity contribution in [1.82, 2.24) is 15.5 Å². The number of anilines is 1. The second-order valence-electron chi connectivity index (χ2n) is 6.03. The van der Waals surface area contributed by atoms with E-state index in [2.05, 4.69) is 20.8 Å². The van der Waals surface area contributed by atoms with Gasteiger partial charge in [0.2, 0.25) is 5.82 Å². The first-order chi connectivity index (χ1) is 12.6. The first-order valence-electron chi connectivity index (χ1n) is 8.35. The van der Waals surface area contributed by atoms with Gasteiger partial charge in [0.05, 0.1) is 0 Å². The maximum atomic E-state index is 11.8. The summed E-state index contributed by atoms with van der Waals surface area (Å²) in [5.41, 5.74) is 2.47. The summed E-state index contributed by atoms with van der Waals surface area (Å²) in [5, 5.41) is 9.57. The summed E-state index contributed by atoms with van der Waals surface area (Å²) in [6, 6.07) is 17.0. The summed E-state index contributed by atoms with van der Waals surface area (Å²) in [6.45, 7) is 3.81. The van der Waals surface area contributed by atoms with Gasteiger partial charge in [0.15, 0.2) is 0 Å². The van der Waals surface area contributed by atoms with Crippen molar-refractivity contribution in [3.05, 3.63) is 66.1 Å². The summed E-state index contributed by atoms with van der Waals surface area (Å²) in [4.78, 5) is 16.2. The Morgan fingerprint density at radius 1 is 1.08 bits per heavy atom. The van der Waals surface area contributed by atoms with Gasteiger partial charge in [-0.15, -0.1) is 0 Å². The number of amides is 2. The number of rotatable bonds is 5. The number of benzene rings is 2. The maximum Gasteiger partial charge on any atom is 0.319 e. The number of nitrogens with zero attached hydrogens (tertiary/aromatic N) is 2. The molecule has 26 heavy (non-hydrogen) atoms. The average molecular weight is 348 g/mol. The zero-order chi connectivity index (χ0) is 18.4. The Hall–Kier alpha value is -3.41. The summed E-state index contributed by atoms with van der Waals surface area (Å²) in [6.07, 6.45) is 3.68. The molecule has 0 aliphatic carbocycles. The molecule has 132 valence electrons. The number of nitrogens with one attached hydrogen (secondary N) is 2. The molecule has 6 heteroatoms. The van der Waals surface area contributed by atoms with Gasteiger partial charge in [0, 0.05) is 23.4 Å². The van der Waals surface area contributed by atoms with E-state index in [0.29, 0.717) is 17.4 Å². The van der Waals surface area contributed by atoms with Gasteiger partial charge in [0.25, 0.3) is 5.89 Å². The van der Waals surface area contributed by atoms with Crippen LogP contribution in [0.4, 0.5) is 10.5 Å². The van der Waals surface area contributed by atoms with Crippen LogP contribution in [0.3, 0.4) is 0 Å². The molecule has 0 aliphatic rings. The minimum atomic E-state index is -0.253. The standard InChI is InChI=1S/C20H20N4O2/c1-14(2)21-20(25)22-17-10-6-9-16(13-17)19-23-18(26-24-19)12-11-15-7-4-3-5-8-15/h3-14H,1-2H3,(H2,21,22,25). The van der Waals surface area contributed by atoms with Crippen LogP contribution in [0.2, 0.25) is 0 Å². The van der Waals surface area contributed by atoms with Gasteiger partial charge in [0.1, 0.15) is 0 Å². The van der Waals surface area contributed by atoms with Crippen LogP contribution in [-0.2, 0) is 0 Å². The monoisotopic (exact) mass is 348 g/mol. The molecular weight excluding hydrogens is 328 g/mol. The highest BCUT2D eigenvalue weighted by molar-refractivity contribution is 5.90. The maximum absolute atomic E-state index is 11.8. The number of urea groups is 1. The highest BCUT2D eigenvalue weighted by atomic mass is 16.5. The zero-order valence-corrected chi connectivity index (χ0v) is 14.6. The normalized spacial score (nSPS) is 11.0. The lowest BCUT2D eigenvalue weighted by molar-refractivity contribution is 0.250. The molecule has 0 spiro atoms. The third-order valence-corrected chi connectivity index (χ3v) is 3.46. The molecule has 2 N–H and O–H groups in total. The van der Waals surface area contributed by atoms with E-state index >= 15 is 0 Å². The van der Waals surface area contributed by atoms with Crippen molar-refractivity contribution in [3.8, 4) is 11.4 Å². The van der Waals surface area contributed by atoms with E-state index in [9.17, 15) is 4.79 Å². The van der Waals surface area contributed by atoms with E-state index < -0.39 is 0 Å². The lowest BCUT2D eigenvalue weighted by atomic mass is 10.2. The molecule has 0 aliphatic heterocycles. The van der Waals surface area contributed by atoms with Crippen molar-refractivity contribution < 1.29 is 9.32 Å². The molecule has 3 rings (SSSR count). The number of carbonyl (C=O) groups is 1. The second kappa shape index (κ2) is 8.11. The van der Waals surface area contributed by atoms with Gasteiger partial charge in [-0.1, -0.05) is 47.6 Å². The minimum Gasteiger partial charge on any atom is -0.336 e. The molecule has 0 unspecified atom stereocenters. The number of hydrogen-bond acceptors (Lipinski definition) is 4. The molecule has 0 saturated carbocycles. The summed E-state index contributed by atoms with van der Waals surface area (Å²) in [5.74, 6) is 0.880. The van der Waals surface area contributed by atoms with Crippen LogP contribution in [0.25, 0.3) is 23.5 Å². The molecule has 1 heterocycles. The Morgan fingerprint density at radius 3 is 2.65 bits per heavy atom. The minimum absolute atomic E-state index is 0.0642. The molecule has 0 bridgehead atoms. The van der Waals surface area contributed by atoms with Crippen molar-refractivity contribution in [2.75, 3.05) is 5.32 Å². The number of hydrogen-bond donors (Lipinski definition) is 2. The highest BCUT2D eigenvalue weighted by Gasteiger charge is 2.09. The van der Waals surface area contributed by atoms with E-state index in [1.54, 1.807) is 18.2 Å².